The van der Waals surface area contributed by atoms with E-state index in [1.165, 1.54) is 0 Å². The van der Waals surface area contributed by atoms with Crippen LogP contribution < -0.4 is 0 Å². The summed E-state index contributed by atoms with van der Waals surface area (Å²) in [6.07, 6.45) is 0.562. The first-order valence-electron chi connectivity index (χ1n) is 2.33. The molecule has 46 valence electrons. The van der Waals surface area contributed by atoms with Gasteiger partial charge in [-0.25, -0.2) is 0 Å². The summed E-state index contributed by atoms with van der Waals surface area (Å²) in [5.41, 5.74) is 0. The maximum absolute atomic E-state index is 8.18. The van der Waals surface area contributed by atoms with E-state index < -0.39 is 0 Å². The molecule has 0 aliphatic rings. The quantitative estimate of drug-likeness (QED) is 0.681. The van der Waals surface area contributed by atoms with Gasteiger partial charge in [0, 0.05) is 16.1 Å². The summed E-state index contributed by atoms with van der Waals surface area (Å²) in [6.45, 7) is 2.01. The molecule has 8 heavy (non-hydrogen) atoms. The van der Waals surface area contributed by atoms with Gasteiger partial charge in [0.15, 0.2) is 0 Å². The Kier molecular flexibility index (Phi) is 4.58. The van der Waals surface area contributed by atoms with E-state index in [1.54, 1.807) is 0 Å². The van der Waals surface area contributed by atoms with Crippen molar-refractivity contribution < 1.29 is 0 Å². The largest absolute Gasteiger partial charge is 0.198 e. The number of alkyl halides is 2. The Hall–Kier alpha value is 0.450. The molecule has 0 aromatic rings. The van der Waals surface area contributed by atoms with Crippen molar-refractivity contribution in [3.63, 3.8) is 0 Å². The fourth-order valence-corrected chi connectivity index (χ4v) is 0.581. The molecule has 0 aromatic carbocycles. The maximum atomic E-state index is 8.18. The van der Waals surface area contributed by atoms with E-state index in [2.05, 4.69) is 37.9 Å². The summed E-state index contributed by atoms with van der Waals surface area (Å²) in [5.74, 6) is 0. The van der Waals surface area contributed by atoms with Crippen LogP contribution >= 0.6 is 31.9 Å². The molecule has 0 N–H and O–H groups in total. The topological polar surface area (TPSA) is 23.8 Å². The van der Waals surface area contributed by atoms with Gasteiger partial charge in [-0.2, -0.15) is 5.26 Å². The van der Waals surface area contributed by atoms with E-state index in [0.717, 1.165) is 0 Å². The summed E-state index contributed by atoms with van der Waals surface area (Å²) in [4.78, 5) is 0.662. The lowest BCUT2D eigenvalue weighted by molar-refractivity contribution is 0.888. The van der Waals surface area contributed by atoms with Crippen molar-refractivity contribution in [3.05, 3.63) is 0 Å². The molecule has 0 aliphatic carbocycles. The number of nitriles is 1. The van der Waals surface area contributed by atoms with Crippen molar-refractivity contribution in [2.45, 2.75) is 23.0 Å². The molecule has 0 rings (SSSR count). The Bertz CT molecular complexity index is 95.1. The van der Waals surface area contributed by atoms with Gasteiger partial charge in [-0.15, -0.1) is 0 Å². The number of nitrogens with zero attached hydrogens (tertiary/aromatic N) is 1. The molecule has 0 fully saturated rings. The minimum atomic E-state index is 0.285. The van der Waals surface area contributed by atoms with E-state index >= 15 is 0 Å². The van der Waals surface area contributed by atoms with Crippen LogP contribution in [0.5, 0.6) is 0 Å². The number of hydrogen-bond acceptors (Lipinski definition) is 1. The molecule has 0 heterocycles. The molecule has 1 nitrogen and oxygen atoms in total. The summed E-state index contributed by atoms with van der Waals surface area (Å²) in [6, 6.07) is 2.07. The van der Waals surface area contributed by atoms with Crippen molar-refractivity contribution in [1.82, 2.24) is 0 Å². The van der Waals surface area contributed by atoms with Gasteiger partial charge in [0.25, 0.3) is 0 Å². The summed E-state index contributed by atoms with van der Waals surface area (Å²) >= 11 is 6.68. The van der Waals surface area contributed by atoms with Gasteiger partial charge in [-0.3, -0.25) is 0 Å². The fourth-order valence-electron chi connectivity index (χ4n) is 0.250. The van der Waals surface area contributed by atoms with Crippen LogP contribution in [0, 0.1) is 11.3 Å². The summed E-state index contributed by atoms with van der Waals surface area (Å²) < 4.78 is 0. The molecule has 3 heteroatoms. The zero-order valence-electron chi connectivity index (χ0n) is 4.56. The van der Waals surface area contributed by atoms with Gasteiger partial charge in [0.2, 0.25) is 0 Å². The molecule has 0 bridgehead atoms. The van der Waals surface area contributed by atoms with Crippen LogP contribution in [0.3, 0.4) is 0 Å². The Balaban J connectivity index is 3.35. The number of hydrogen-bond donors (Lipinski definition) is 0. The zero-order valence-corrected chi connectivity index (χ0v) is 7.74. The third-order valence-electron chi connectivity index (χ3n) is 0.785. The van der Waals surface area contributed by atoms with E-state index in [4.69, 9.17) is 5.26 Å². The van der Waals surface area contributed by atoms with Gasteiger partial charge in [-0.1, -0.05) is 38.8 Å². The van der Waals surface area contributed by atoms with Gasteiger partial charge in [0.05, 0.1) is 6.07 Å². The molecular formula is C5H7Br2N. The zero-order chi connectivity index (χ0) is 6.57. The first-order valence-corrected chi connectivity index (χ1v) is 4.16. The lowest BCUT2D eigenvalue weighted by atomic mass is 10.3. The first-order chi connectivity index (χ1) is 3.68. The molecule has 0 radical (unpaired) electrons. The molecule has 0 amide bonds. The van der Waals surface area contributed by atoms with Crippen molar-refractivity contribution in [1.29, 1.82) is 5.26 Å². The average molecular weight is 241 g/mol. The second kappa shape index (κ2) is 4.34. The van der Waals surface area contributed by atoms with Gasteiger partial charge < -0.3 is 0 Å². The van der Waals surface area contributed by atoms with Crippen molar-refractivity contribution in [2.24, 2.45) is 0 Å². The van der Waals surface area contributed by atoms with Crippen molar-refractivity contribution >= 4 is 31.9 Å². The highest BCUT2D eigenvalue weighted by atomic mass is 79.9. The smallest absolute Gasteiger partial charge is 0.0633 e. The Morgan fingerprint density at radius 2 is 2.12 bits per heavy atom. The predicted molar refractivity (Wildman–Crippen MR) is 41.3 cm³/mol. The molecule has 0 aliphatic heterocycles. The van der Waals surface area contributed by atoms with E-state index in [9.17, 15) is 0 Å². The van der Waals surface area contributed by atoms with Crippen LogP contribution in [-0.4, -0.2) is 9.65 Å². The van der Waals surface area contributed by atoms with Crippen LogP contribution in [-0.2, 0) is 0 Å². The average Bonchev–Trinajstić information content (AvgIpc) is 1.67. The van der Waals surface area contributed by atoms with Crippen molar-refractivity contribution in [3.8, 4) is 6.07 Å². The van der Waals surface area contributed by atoms with Crippen LogP contribution in [0.1, 0.15) is 13.3 Å². The minimum absolute atomic E-state index is 0.285. The van der Waals surface area contributed by atoms with Crippen LogP contribution in [0.25, 0.3) is 0 Å². The molecule has 0 saturated carbocycles. The highest BCUT2D eigenvalue weighted by Crippen LogP contribution is 2.15. The molecular weight excluding hydrogens is 234 g/mol. The third kappa shape index (κ3) is 3.45. The lowest BCUT2D eigenvalue weighted by Crippen LogP contribution is -2.07. The van der Waals surface area contributed by atoms with Crippen molar-refractivity contribution in [2.75, 3.05) is 0 Å². The lowest BCUT2D eigenvalue weighted by Gasteiger charge is -2.05. The minimum Gasteiger partial charge on any atom is -0.198 e. The van der Waals surface area contributed by atoms with E-state index in [-0.39, 0.29) is 4.83 Å². The Morgan fingerprint density at radius 3 is 2.25 bits per heavy atom. The van der Waals surface area contributed by atoms with E-state index in [1.807, 2.05) is 6.92 Å². The molecule has 0 spiro atoms. The number of rotatable bonds is 2. The molecule has 0 saturated heterocycles. The van der Waals surface area contributed by atoms with Crippen LogP contribution in [0.2, 0.25) is 0 Å². The Labute approximate surface area is 66.3 Å². The Morgan fingerprint density at radius 1 is 1.62 bits per heavy atom. The second-order valence-corrected chi connectivity index (χ2v) is 4.18. The number of halogens is 2. The fraction of sp³-hybridized carbons (Fsp3) is 0.800. The maximum Gasteiger partial charge on any atom is 0.0633 e. The second-order valence-electron chi connectivity index (χ2n) is 1.56. The highest BCUT2D eigenvalue weighted by molar-refractivity contribution is 9.12. The summed E-state index contributed by atoms with van der Waals surface area (Å²) in [7, 11) is 0. The van der Waals surface area contributed by atoms with Gasteiger partial charge in [0.1, 0.15) is 0 Å². The molecule has 2 atom stereocenters. The monoisotopic (exact) mass is 239 g/mol. The standard InChI is InChI=1S/C5H7Br2N/c1-4(6)5(7)2-3-8/h4-5H,2H2,1H3. The molecule has 2 unspecified atom stereocenters. The van der Waals surface area contributed by atoms with Gasteiger partial charge in [-0.05, 0) is 0 Å². The van der Waals surface area contributed by atoms with E-state index in [0.29, 0.717) is 11.2 Å². The van der Waals surface area contributed by atoms with Crippen LogP contribution in [0.4, 0.5) is 0 Å². The third-order valence-corrected chi connectivity index (χ3v) is 3.25. The predicted octanol–water partition coefficient (Wildman–Crippen LogP) is 2.45. The van der Waals surface area contributed by atoms with Gasteiger partial charge >= 0.3 is 0 Å². The first kappa shape index (κ1) is 8.45. The summed E-state index contributed by atoms with van der Waals surface area (Å²) in [5, 5.41) is 8.18. The highest BCUT2D eigenvalue weighted by Gasteiger charge is 2.08. The molecule has 0 aromatic heterocycles. The van der Waals surface area contributed by atoms with Crippen LogP contribution in [0.15, 0.2) is 0 Å². The normalized spacial score (nSPS) is 16.8. The SMILES string of the molecule is CC(Br)C(Br)CC#N.